The van der Waals surface area contributed by atoms with Crippen LogP contribution in [0.5, 0.6) is 5.75 Å². The van der Waals surface area contributed by atoms with Gasteiger partial charge in [0.15, 0.2) is 0 Å². The standard InChI is InChI=1S/C18H23NO/c1-2-16-7-3-4-8-17(16)11-13-19-12-10-15-6-5-9-18(20)14-15/h3-9,14,19-20H,2,10-13H2,1H3. The molecule has 0 aliphatic rings. The first kappa shape index (κ1) is 14.6. The second-order valence-corrected chi connectivity index (χ2v) is 5.04. The van der Waals surface area contributed by atoms with Crippen LogP contribution in [0, 0.1) is 0 Å². The van der Waals surface area contributed by atoms with Crippen molar-refractivity contribution in [1.82, 2.24) is 5.32 Å². The smallest absolute Gasteiger partial charge is 0.115 e. The van der Waals surface area contributed by atoms with Crippen LogP contribution in [-0.2, 0) is 19.3 Å². The molecule has 0 aliphatic heterocycles. The average Bonchev–Trinajstić information content (AvgIpc) is 2.47. The molecule has 2 heteroatoms. The van der Waals surface area contributed by atoms with E-state index in [-0.39, 0.29) is 0 Å². The van der Waals surface area contributed by atoms with E-state index in [0.717, 1.165) is 32.4 Å². The minimum Gasteiger partial charge on any atom is -0.508 e. The second kappa shape index (κ2) is 7.71. The van der Waals surface area contributed by atoms with Gasteiger partial charge in [0.1, 0.15) is 5.75 Å². The Morgan fingerprint density at radius 3 is 2.40 bits per heavy atom. The first-order valence-corrected chi connectivity index (χ1v) is 7.35. The summed E-state index contributed by atoms with van der Waals surface area (Å²) in [6.45, 7) is 4.14. The first-order valence-electron chi connectivity index (χ1n) is 7.35. The molecule has 0 heterocycles. The fraction of sp³-hybridized carbons (Fsp3) is 0.333. The molecule has 2 nitrogen and oxygen atoms in total. The van der Waals surface area contributed by atoms with E-state index < -0.39 is 0 Å². The first-order chi connectivity index (χ1) is 9.79. The summed E-state index contributed by atoms with van der Waals surface area (Å²) < 4.78 is 0. The van der Waals surface area contributed by atoms with E-state index in [1.165, 1.54) is 16.7 Å². The van der Waals surface area contributed by atoms with Crippen LogP contribution < -0.4 is 5.32 Å². The Balaban J connectivity index is 1.71. The maximum atomic E-state index is 9.40. The normalized spacial score (nSPS) is 10.7. The summed E-state index contributed by atoms with van der Waals surface area (Å²) in [7, 11) is 0. The fourth-order valence-corrected chi connectivity index (χ4v) is 2.44. The van der Waals surface area contributed by atoms with Crippen LogP contribution in [0.2, 0.25) is 0 Å². The van der Waals surface area contributed by atoms with Gasteiger partial charge in [0.05, 0.1) is 0 Å². The molecule has 0 aliphatic carbocycles. The minimum atomic E-state index is 0.347. The molecule has 0 bridgehead atoms. The van der Waals surface area contributed by atoms with Crippen molar-refractivity contribution in [2.24, 2.45) is 0 Å². The summed E-state index contributed by atoms with van der Waals surface area (Å²) in [5, 5.41) is 12.9. The maximum absolute atomic E-state index is 9.40. The van der Waals surface area contributed by atoms with Crippen molar-refractivity contribution in [2.45, 2.75) is 26.2 Å². The zero-order chi connectivity index (χ0) is 14.2. The molecule has 0 saturated carbocycles. The largest absolute Gasteiger partial charge is 0.508 e. The molecule has 2 rings (SSSR count). The number of aryl methyl sites for hydroxylation is 1. The molecule has 0 saturated heterocycles. The zero-order valence-corrected chi connectivity index (χ0v) is 12.1. The lowest BCUT2D eigenvalue weighted by Crippen LogP contribution is -2.20. The van der Waals surface area contributed by atoms with Crippen molar-refractivity contribution < 1.29 is 5.11 Å². The van der Waals surface area contributed by atoms with Gasteiger partial charge in [-0.1, -0.05) is 43.3 Å². The molecule has 2 aromatic rings. The molecular formula is C18H23NO. The molecule has 20 heavy (non-hydrogen) atoms. The number of rotatable bonds is 7. The number of hydrogen-bond donors (Lipinski definition) is 2. The Labute approximate surface area is 121 Å². The van der Waals surface area contributed by atoms with Crippen LogP contribution in [0.25, 0.3) is 0 Å². The van der Waals surface area contributed by atoms with Crippen LogP contribution in [0.15, 0.2) is 48.5 Å². The third-order valence-corrected chi connectivity index (χ3v) is 3.57. The van der Waals surface area contributed by atoms with Gasteiger partial charge in [-0.2, -0.15) is 0 Å². The van der Waals surface area contributed by atoms with E-state index in [1.807, 2.05) is 18.2 Å². The lowest BCUT2D eigenvalue weighted by molar-refractivity contribution is 0.474. The molecular weight excluding hydrogens is 246 g/mol. The Morgan fingerprint density at radius 2 is 1.65 bits per heavy atom. The predicted molar refractivity (Wildman–Crippen MR) is 84.2 cm³/mol. The van der Waals surface area contributed by atoms with Gasteiger partial charge in [-0.3, -0.25) is 0 Å². The highest BCUT2D eigenvalue weighted by atomic mass is 16.3. The third kappa shape index (κ3) is 4.39. The summed E-state index contributed by atoms with van der Waals surface area (Å²) in [5.41, 5.74) is 4.06. The van der Waals surface area contributed by atoms with Crippen molar-refractivity contribution in [3.8, 4) is 5.75 Å². The topological polar surface area (TPSA) is 32.3 Å². The Bertz CT molecular complexity index is 536. The monoisotopic (exact) mass is 269 g/mol. The van der Waals surface area contributed by atoms with Gasteiger partial charge in [0.2, 0.25) is 0 Å². The van der Waals surface area contributed by atoms with E-state index in [4.69, 9.17) is 0 Å². The highest BCUT2D eigenvalue weighted by Crippen LogP contribution is 2.11. The van der Waals surface area contributed by atoms with Gasteiger partial charge >= 0.3 is 0 Å². The van der Waals surface area contributed by atoms with Gasteiger partial charge in [0.25, 0.3) is 0 Å². The molecule has 0 aromatic heterocycles. The second-order valence-electron chi connectivity index (χ2n) is 5.04. The highest BCUT2D eigenvalue weighted by Gasteiger charge is 1.99. The Kier molecular flexibility index (Phi) is 5.63. The summed E-state index contributed by atoms with van der Waals surface area (Å²) in [6, 6.07) is 16.1. The zero-order valence-electron chi connectivity index (χ0n) is 12.1. The molecule has 0 amide bonds. The molecule has 2 N–H and O–H groups in total. The average molecular weight is 269 g/mol. The van der Waals surface area contributed by atoms with Gasteiger partial charge in [-0.05, 0) is 61.2 Å². The number of benzene rings is 2. The van der Waals surface area contributed by atoms with E-state index in [1.54, 1.807) is 6.07 Å². The highest BCUT2D eigenvalue weighted by molar-refractivity contribution is 5.28. The third-order valence-electron chi connectivity index (χ3n) is 3.57. The van der Waals surface area contributed by atoms with Crippen LogP contribution in [0.3, 0.4) is 0 Å². The summed E-state index contributed by atoms with van der Waals surface area (Å²) in [5.74, 6) is 0.347. The number of hydrogen-bond acceptors (Lipinski definition) is 2. The van der Waals surface area contributed by atoms with Gasteiger partial charge in [0, 0.05) is 0 Å². The molecule has 0 spiro atoms. The summed E-state index contributed by atoms with van der Waals surface area (Å²) >= 11 is 0. The summed E-state index contributed by atoms with van der Waals surface area (Å²) in [4.78, 5) is 0. The number of phenolic OH excluding ortho intramolecular Hbond substituents is 1. The Hall–Kier alpha value is -1.80. The van der Waals surface area contributed by atoms with E-state index in [2.05, 4.69) is 36.5 Å². The van der Waals surface area contributed by atoms with Gasteiger partial charge in [-0.25, -0.2) is 0 Å². The van der Waals surface area contributed by atoms with E-state index in [0.29, 0.717) is 5.75 Å². The molecule has 0 radical (unpaired) electrons. The van der Waals surface area contributed by atoms with E-state index >= 15 is 0 Å². The molecule has 0 unspecified atom stereocenters. The van der Waals surface area contributed by atoms with Gasteiger partial charge in [-0.15, -0.1) is 0 Å². The van der Waals surface area contributed by atoms with Crippen LogP contribution >= 0.6 is 0 Å². The Morgan fingerprint density at radius 1 is 0.900 bits per heavy atom. The fourth-order valence-electron chi connectivity index (χ4n) is 2.44. The SMILES string of the molecule is CCc1ccccc1CCNCCc1cccc(O)c1. The summed E-state index contributed by atoms with van der Waals surface area (Å²) in [6.07, 6.45) is 3.12. The van der Waals surface area contributed by atoms with Crippen molar-refractivity contribution >= 4 is 0 Å². The van der Waals surface area contributed by atoms with Crippen LogP contribution in [-0.4, -0.2) is 18.2 Å². The maximum Gasteiger partial charge on any atom is 0.115 e. The molecule has 106 valence electrons. The molecule has 0 fully saturated rings. The van der Waals surface area contributed by atoms with Crippen LogP contribution in [0.4, 0.5) is 0 Å². The molecule has 0 atom stereocenters. The van der Waals surface area contributed by atoms with Gasteiger partial charge < -0.3 is 10.4 Å². The molecule has 2 aromatic carbocycles. The minimum absolute atomic E-state index is 0.347. The lowest BCUT2D eigenvalue weighted by Gasteiger charge is -2.09. The van der Waals surface area contributed by atoms with Crippen molar-refractivity contribution in [2.75, 3.05) is 13.1 Å². The lowest BCUT2D eigenvalue weighted by atomic mass is 10.0. The van der Waals surface area contributed by atoms with Crippen LogP contribution in [0.1, 0.15) is 23.6 Å². The van der Waals surface area contributed by atoms with Crippen molar-refractivity contribution in [3.05, 3.63) is 65.2 Å². The number of nitrogens with one attached hydrogen (secondary N) is 1. The number of phenols is 1. The van der Waals surface area contributed by atoms with E-state index in [9.17, 15) is 5.11 Å². The predicted octanol–water partition coefficient (Wildman–Crippen LogP) is 3.33. The van der Waals surface area contributed by atoms with Crippen molar-refractivity contribution in [3.63, 3.8) is 0 Å². The number of aromatic hydroxyl groups is 1. The van der Waals surface area contributed by atoms with Crippen molar-refractivity contribution in [1.29, 1.82) is 0 Å². The quantitative estimate of drug-likeness (QED) is 0.756.